The van der Waals surface area contributed by atoms with Crippen LogP contribution in [0.1, 0.15) is 52.9 Å². The van der Waals surface area contributed by atoms with Crippen LogP contribution < -0.4 is 29.3 Å². The second-order valence-electron chi connectivity index (χ2n) is 7.47. The van der Waals surface area contributed by atoms with Crippen molar-refractivity contribution < 1.29 is 46.7 Å². The smallest absolute Gasteiger partial charge is 0.545 e. The Morgan fingerprint density at radius 3 is 2.48 bits per heavy atom. The molecule has 0 aliphatic carbocycles. The molecule has 1 heterocycles. The van der Waals surface area contributed by atoms with Gasteiger partial charge in [0.1, 0.15) is 0 Å². The third-order valence-electron chi connectivity index (χ3n) is 5.31. The molecule has 0 spiro atoms. The Hall–Kier alpha value is -2.27. The van der Waals surface area contributed by atoms with Gasteiger partial charge in [-0.1, -0.05) is 42.5 Å². The maximum absolute atomic E-state index is 12.9. The van der Waals surface area contributed by atoms with E-state index in [0.29, 0.717) is 18.5 Å². The molecule has 2 aromatic rings. The molecule has 1 N–H and O–H groups in total. The molecule has 0 bridgehead atoms. The van der Waals surface area contributed by atoms with Crippen LogP contribution >= 0.6 is 0 Å². The molecule has 9 heteroatoms. The molecule has 1 fully saturated rings. The van der Waals surface area contributed by atoms with Gasteiger partial charge < -0.3 is 15.2 Å². The summed E-state index contributed by atoms with van der Waals surface area (Å²) in [6.45, 7) is 2.68. The minimum Gasteiger partial charge on any atom is -0.545 e. The molecule has 31 heavy (non-hydrogen) atoms. The van der Waals surface area contributed by atoms with Crippen LogP contribution in [-0.4, -0.2) is 29.4 Å². The Labute approximate surface area is 190 Å². The number of carboxylic acids is 1. The van der Waals surface area contributed by atoms with Gasteiger partial charge >= 0.3 is 25.0 Å². The fourth-order valence-corrected chi connectivity index (χ4v) is 3.69. The van der Waals surface area contributed by atoms with Gasteiger partial charge in [-0.2, -0.15) is 13.2 Å². The molecule has 0 aromatic heterocycles. The van der Waals surface area contributed by atoms with E-state index in [-0.39, 0.29) is 42.9 Å². The minimum atomic E-state index is -4.40. The molecule has 0 saturated carbocycles. The maximum atomic E-state index is 12.9. The summed E-state index contributed by atoms with van der Waals surface area (Å²) >= 11 is 0. The van der Waals surface area contributed by atoms with Crippen LogP contribution in [0.3, 0.4) is 0 Å². The average molecular weight is 426 g/mol. The van der Waals surface area contributed by atoms with Crippen LogP contribution in [0, 0.1) is 0 Å². The van der Waals surface area contributed by atoms with Gasteiger partial charge in [0, 0.05) is 6.54 Å². The first-order valence-corrected chi connectivity index (χ1v) is 9.67. The van der Waals surface area contributed by atoms with Gasteiger partial charge in [0.2, 0.25) is 5.91 Å². The number of carbonyl (C=O) groups is 2. The Kier molecular flexibility index (Phi) is 8.35. The monoisotopic (exact) mass is 426 g/mol. The number of likely N-dealkylation sites (tertiary alicyclic amines) is 1. The van der Waals surface area contributed by atoms with Gasteiger partial charge in [-0.25, -0.2) is 0 Å². The van der Waals surface area contributed by atoms with E-state index in [2.05, 4.69) is 5.32 Å². The Bertz CT molecular complexity index is 919. The van der Waals surface area contributed by atoms with Crippen molar-refractivity contribution in [1.29, 1.82) is 0 Å². The second kappa shape index (κ2) is 10.4. The summed E-state index contributed by atoms with van der Waals surface area (Å²) in [5.41, 5.74) is 0.611. The molecule has 1 unspecified atom stereocenters. The number of benzene rings is 2. The summed E-state index contributed by atoms with van der Waals surface area (Å²) in [5, 5.41) is 13.8. The normalized spacial score (nSPS) is 17.6. The number of rotatable bonds is 6. The molecule has 2 atom stereocenters. The summed E-state index contributed by atoms with van der Waals surface area (Å²) < 4.78 is 38.8. The second-order valence-corrected chi connectivity index (χ2v) is 7.47. The van der Waals surface area contributed by atoms with Crippen molar-refractivity contribution in [3.05, 3.63) is 70.8 Å². The zero-order chi connectivity index (χ0) is 21.9. The molecule has 2 aromatic carbocycles. The SMILES string of the molecule is C[C@H](NC(=O)C1CCCN1Cc1cccc(C(F)(F)F)c1)c1ccc(C(=O)[O-])cc1.[Li+]. The van der Waals surface area contributed by atoms with E-state index in [1.807, 2.05) is 4.90 Å². The zero-order valence-electron chi connectivity index (χ0n) is 17.4. The van der Waals surface area contributed by atoms with Crippen LogP contribution in [0.15, 0.2) is 48.5 Å². The minimum absolute atomic E-state index is 0. The predicted octanol–water partition coefficient (Wildman–Crippen LogP) is -0.0853. The van der Waals surface area contributed by atoms with Crippen molar-refractivity contribution in [1.82, 2.24) is 10.2 Å². The van der Waals surface area contributed by atoms with Crippen molar-refractivity contribution >= 4 is 11.9 Å². The zero-order valence-corrected chi connectivity index (χ0v) is 17.4. The Balaban J connectivity index is 0.00000341. The van der Waals surface area contributed by atoms with Crippen molar-refractivity contribution in [2.45, 2.75) is 44.6 Å². The van der Waals surface area contributed by atoms with E-state index in [9.17, 15) is 27.9 Å². The topological polar surface area (TPSA) is 72.5 Å². The van der Waals surface area contributed by atoms with E-state index >= 15 is 0 Å². The van der Waals surface area contributed by atoms with E-state index in [1.54, 1.807) is 25.1 Å². The van der Waals surface area contributed by atoms with Gasteiger partial charge in [0.15, 0.2) is 0 Å². The Morgan fingerprint density at radius 2 is 1.87 bits per heavy atom. The molecule has 0 radical (unpaired) electrons. The van der Waals surface area contributed by atoms with Gasteiger partial charge in [-0.15, -0.1) is 0 Å². The third-order valence-corrected chi connectivity index (χ3v) is 5.31. The fourth-order valence-electron chi connectivity index (χ4n) is 3.69. The van der Waals surface area contributed by atoms with Crippen LogP contribution in [-0.2, 0) is 17.5 Å². The first-order valence-electron chi connectivity index (χ1n) is 9.67. The van der Waals surface area contributed by atoms with Gasteiger partial charge in [0.05, 0.1) is 23.6 Å². The number of alkyl halides is 3. The number of nitrogens with one attached hydrogen (secondary N) is 1. The van der Waals surface area contributed by atoms with Crippen molar-refractivity contribution in [2.75, 3.05) is 6.54 Å². The van der Waals surface area contributed by atoms with E-state index in [4.69, 9.17) is 0 Å². The molecular formula is C22H22F3LiN2O3. The van der Waals surface area contributed by atoms with Crippen molar-refractivity contribution in [3.8, 4) is 0 Å². The Morgan fingerprint density at radius 1 is 1.19 bits per heavy atom. The van der Waals surface area contributed by atoms with Crippen LogP contribution in [0.4, 0.5) is 13.2 Å². The molecule has 1 saturated heterocycles. The van der Waals surface area contributed by atoms with Crippen molar-refractivity contribution in [2.24, 2.45) is 0 Å². The number of halogens is 3. The molecule has 5 nitrogen and oxygen atoms in total. The standard InChI is InChI=1S/C22H23F3N2O3.Li/c1-14(16-7-9-17(10-8-16)21(29)30)26-20(28)19-6-3-11-27(19)13-15-4-2-5-18(12-15)22(23,24)25;/h2,4-5,7-10,12,14,19H,3,6,11,13H2,1H3,(H,26,28)(H,29,30);/q;+1/p-1/t14-,19?;/m0./s1. The number of carboxylic acid groups (broad SMARTS) is 1. The van der Waals surface area contributed by atoms with E-state index in [0.717, 1.165) is 24.1 Å². The summed E-state index contributed by atoms with van der Waals surface area (Å²) in [6.07, 6.45) is -2.99. The van der Waals surface area contributed by atoms with Crippen LogP contribution in [0.5, 0.6) is 0 Å². The third kappa shape index (κ3) is 6.36. The summed E-state index contributed by atoms with van der Waals surface area (Å²) in [6, 6.07) is 10.5. The number of nitrogens with zero attached hydrogens (tertiary/aromatic N) is 1. The quantitative estimate of drug-likeness (QED) is 0.656. The number of hydrogen-bond acceptors (Lipinski definition) is 4. The van der Waals surface area contributed by atoms with E-state index < -0.39 is 23.8 Å². The molecule has 3 rings (SSSR count). The van der Waals surface area contributed by atoms with Crippen molar-refractivity contribution in [3.63, 3.8) is 0 Å². The molecule has 160 valence electrons. The fraction of sp³-hybridized carbons (Fsp3) is 0.364. The van der Waals surface area contributed by atoms with Gasteiger partial charge in [0.25, 0.3) is 0 Å². The van der Waals surface area contributed by atoms with Gasteiger partial charge in [-0.3, -0.25) is 9.69 Å². The number of amides is 1. The number of hydrogen-bond donors (Lipinski definition) is 1. The summed E-state index contributed by atoms with van der Waals surface area (Å²) in [4.78, 5) is 25.5. The maximum Gasteiger partial charge on any atom is 1.00 e. The first kappa shape index (κ1) is 25.0. The van der Waals surface area contributed by atoms with Gasteiger partial charge in [-0.05, 0) is 49.1 Å². The molecule has 1 amide bonds. The predicted molar refractivity (Wildman–Crippen MR) is 102 cm³/mol. The van der Waals surface area contributed by atoms with Crippen LogP contribution in [0.25, 0.3) is 0 Å². The summed E-state index contributed by atoms with van der Waals surface area (Å²) in [5.74, 6) is -1.47. The average Bonchev–Trinajstić information content (AvgIpc) is 3.15. The van der Waals surface area contributed by atoms with Crippen LogP contribution in [0.2, 0.25) is 0 Å². The summed E-state index contributed by atoms with van der Waals surface area (Å²) in [7, 11) is 0. The number of carbonyl (C=O) groups excluding carboxylic acids is 2. The molecule has 1 aliphatic heterocycles. The molecule has 1 aliphatic rings. The molecular weight excluding hydrogens is 404 g/mol. The number of aromatic carboxylic acids is 1. The largest absolute Gasteiger partial charge is 1.00 e. The van der Waals surface area contributed by atoms with E-state index in [1.165, 1.54) is 18.2 Å². The first-order chi connectivity index (χ1) is 14.1.